The molecule has 1 N–H and O–H groups in total. The Morgan fingerprint density at radius 2 is 1.50 bits per heavy atom. The summed E-state index contributed by atoms with van der Waals surface area (Å²) in [6, 6.07) is 23.5. The van der Waals surface area contributed by atoms with Crippen molar-refractivity contribution in [1.82, 2.24) is 0 Å². The summed E-state index contributed by atoms with van der Waals surface area (Å²) in [6.07, 6.45) is 1.10. The van der Waals surface area contributed by atoms with Gasteiger partial charge in [-0.2, -0.15) is 0 Å². The first-order chi connectivity index (χ1) is 10.6. The maximum atomic E-state index is 3.61. The Kier molecular flexibility index (Phi) is 3.89. The molecule has 0 saturated carbocycles. The van der Waals surface area contributed by atoms with Gasteiger partial charge in [-0.1, -0.05) is 69.3 Å². The van der Waals surface area contributed by atoms with Crippen LogP contribution in [-0.4, -0.2) is 0 Å². The second-order valence-corrected chi connectivity index (χ2v) is 6.44. The molecule has 0 unspecified atom stereocenters. The number of hydrogen-bond acceptors (Lipinski definition) is 1. The van der Waals surface area contributed by atoms with Crippen molar-refractivity contribution in [1.29, 1.82) is 0 Å². The van der Waals surface area contributed by atoms with Crippen LogP contribution in [0.25, 0.3) is 10.8 Å². The maximum absolute atomic E-state index is 3.61. The monoisotopic (exact) mass is 289 g/mol. The number of rotatable bonds is 4. The number of para-hydroxylation sites is 1. The molecule has 0 radical (unpaired) electrons. The third kappa shape index (κ3) is 2.71. The second kappa shape index (κ2) is 5.84. The van der Waals surface area contributed by atoms with Gasteiger partial charge in [-0.3, -0.25) is 0 Å². The Bertz CT molecular complexity index is 772. The SMILES string of the molecule is CCC(C)(C)c1c(Nc2ccccc2)ccc2ccccc12. The van der Waals surface area contributed by atoms with E-state index in [0.29, 0.717) is 0 Å². The van der Waals surface area contributed by atoms with Crippen molar-refractivity contribution < 1.29 is 0 Å². The van der Waals surface area contributed by atoms with Crippen molar-refractivity contribution in [2.24, 2.45) is 0 Å². The summed E-state index contributed by atoms with van der Waals surface area (Å²) in [4.78, 5) is 0. The zero-order chi connectivity index (χ0) is 15.6. The molecule has 0 aliphatic heterocycles. The predicted molar refractivity (Wildman–Crippen MR) is 97.0 cm³/mol. The summed E-state index contributed by atoms with van der Waals surface area (Å²) in [6.45, 7) is 6.91. The minimum atomic E-state index is 0.123. The topological polar surface area (TPSA) is 12.0 Å². The Labute approximate surface area is 133 Å². The lowest BCUT2D eigenvalue weighted by Crippen LogP contribution is -2.18. The quantitative estimate of drug-likeness (QED) is 0.596. The molecule has 0 amide bonds. The highest BCUT2D eigenvalue weighted by molar-refractivity contribution is 5.92. The van der Waals surface area contributed by atoms with Crippen molar-refractivity contribution >= 4 is 22.1 Å². The first-order valence-electron chi connectivity index (χ1n) is 7.96. The molecule has 22 heavy (non-hydrogen) atoms. The molecule has 0 spiro atoms. The van der Waals surface area contributed by atoms with Gasteiger partial charge in [-0.05, 0) is 46.4 Å². The second-order valence-electron chi connectivity index (χ2n) is 6.44. The molecule has 0 aliphatic rings. The summed E-state index contributed by atoms with van der Waals surface area (Å²) in [5.41, 5.74) is 3.86. The van der Waals surface area contributed by atoms with Gasteiger partial charge >= 0.3 is 0 Å². The Balaban J connectivity index is 2.19. The number of hydrogen-bond donors (Lipinski definition) is 1. The van der Waals surface area contributed by atoms with Gasteiger partial charge in [-0.25, -0.2) is 0 Å². The number of nitrogens with one attached hydrogen (secondary N) is 1. The number of benzene rings is 3. The molecule has 0 atom stereocenters. The summed E-state index contributed by atoms with van der Waals surface area (Å²) in [5, 5.41) is 6.25. The Morgan fingerprint density at radius 3 is 2.23 bits per heavy atom. The van der Waals surface area contributed by atoms with E-state index in [1.807, 2.05) is 6.07 Å². The summed E-state index contributed by atoms with van der Waals surface area (Å²) < 4.78 is 0. The van der Waals surface area contributed by atoms with E-state index in [4.69, 9.17) is 0 Å². The molecular formula is C21H23N. The summed E-state index contributed by atoms with van der Waals surface area (Å²) in [7, 11) is 0. The van der Waals surface area contributed by atoms with Gasteiger partial charge in [0.25, 0.3) is 0 Å². The highest BCUT2D eigenvalue weighted by Gasteiger charge is 2.24. The summed E-state index contributed by atoms with van der Waals surface area (Å²) >= 11 is 0. The molecule has 1 heteroatoms. The van der Waals surface area contributed by atoms with Crippen LogP contribution < -0.4 is 5.32 Å². The molecule has 3 rings (SSSR count). The van der Waals surface area contributed by atoms with Crippen LogP contribution in [0.1, 0.15) is 32.8 Å². The van der Waals surface area contributed by atoms with Gasteiger partial charge in [0, 0.05) is 11.4 Å². The standard InChI is InChI=1S/C21H23N/c1-4-21(2,3)20-18-13-9-8-10-16(18)14-15-19(20)22-17-11-6-5-7-12-17/h5-15,22H,4H2,1-3H3. The number of fused-ring (bicyclic) bond motifs is 1. The van der Waals surface area contributed by atoms with Crippen LogP contribution >= 0.6 is 0 Å². The van der Waals surface area contributed by atoms with Crippen LogP contribution in [-0.2, 0) is 5.41 Å². The Morgan fingerprint density at radius 1 is 0.818 bits per heavy atom. The van der Waals surface area contributed by atoms with E-state index < -0.39 is 0 Å². The molecule has 3 aromatic rings. The molecule has 0 saturated heterocycles. The van der Waals surface area contributed by atoms with E-state index in [2.05, 4.69) is 86.8 Å². The van der Waals surface area contributed by atoms with Crippen molar-refractivity contribution in [3.63, 3.8) is 0 Å². The fourth-order valence-corrected chi connectivity index (χ4v) is 2.96. The molecule has 0 aliphatic carbocycles. The van der Waals surface area contributed by atoms with Crippen LogP contribution in [0.3, 0.4) is 0 Å². The van der Waals surface area contributed by atoms with Gasteiger partial charge in [-0.15, -0.1) is 0 Å². The first kappa shape index (κ1) is 14.6. The molecule has 0 aromatic heterocycles. The fraction of sp³-hybridized carbons (Fsp3) is 0.238. The van der Waals surface area contributed by atoms with Gasteiger partial charge in [0.15, 0.2) is 0 Å². The third-order valence-corrected chi connectivity index (χ3v) is 4.54. The predicted octanol–water partition coefficient (Wildman–Crippen LogP) is 6.27. The van der Waals surface area contributed by atoms with Crippen molar-refractivity contribution in [2.75, 3.05) is 5.32 Å². The lowest BCUT2D eigenvalue weighted by Gasteiger charge is -2.28. The van der Waals surface area contributed by atoms with Crippen molar-refractivity contribution in [3.8, 4) is 0 Å². The van der Waals surface area contributed by atoms with Gasteiger partial charge < -0.3 is 5.32 Å². The van der Waals surface area contributed by atoms with Crippen LogP contribution in [0.15, 0.2) is 66.7 Å². The highest BCUT2D eigenvalue weighted by Crippen LogP contribution is 2.39. The lowest BCUT2D eigenvalue weighted by molar-refractivity contribution is 0.512. The molecule has 0 heterocycles. The van der Waals surface area contributed by atoms with E-state index in [0.717, 1.165) is 12.1 Å². The normalized spacial score (nSPS) is 11.6. The van der Waals surface area contributed by atoms with Crippen LogP contribution in [0, 0.1) is 0 Å². The molecule has 112 valence electrons. The minimum absolute atomic E-state index is 0.123. The zero-order valence-electron chi connectivity index (χ0n) is 13.6. The van der Waals surface area contributed by atoms with Crippen LogP contribution in [0.4, 0.5) is 11.4 Å². The van der Waals surface area contributed by atoms with Gasteiger partial charge in [0.2, 0.25) is 0 Å². The number of anilines is 2. The van der Waals surface area contributed by atoms with E-state index in [9.17, 15) is 0 Å². The van der Waals surface area contributed by atoms with E-state index in [1.165, 1.54) is 22.0 Å². The molecular weight excluding hydrogens is 266 g/mol. The highest BCUT2D eigenvalue weighted by atomic mass is 14.9. The third-order valence-electron chi connectivity index (χ3n) is 4.54. The minimum Gasteiger partial charge on any atom is -0.355 e. The molecule has 0 bridgehead atoms. The van der Waals surface area contributed by atoms with Crippen LogP contribution in [0.5, 0.6) is 0 Å². The average molecular weight is 289 g/mol. The zero-order valence-corrected chi connectivity index (χ0v) is 13.6. The largest absolute Gasteiger partial charge is 0.355 e. The smallest absolute Gasteiger partial charge is 0.0428 e. The maximum Gasteiger partial charge on any atom is 0.0428 e. The van der Waals surface area contributed by atoms with Crippen molar-refractivity contribution in [2.45, 2.75) is 32.6 Å². The first-order valence-corrected chi connectivity index (χ1v) is 7.96. The average Bonchev–Trinajstić information content (AvgIpc) is 2.55. The van der Waals surface area contributed by atoms with Crippen molar-refractivity contribution in [3.05, 3.63) is 72.3 Å². The lowest BCUT2D eigenvalue weighted by atomic mass is 9.78. The molecule has 0 fully saturated rings. The van der Waals surface area contributed by atoms with E-state index in [-0.39, 0.29) is 5.41 Å². The molecule has 1 nitrogen and oxygen atoms in total. The Hall–Kier alpha value is -2.28. The fourth-order valence-electron chi connectivity index (χ4n) is 2.96. The summed E-state index contributed by atoms with van der Waals surface area (Å²) in [5.74, 6) is 0. The molecule has 3 aromatic carbocycles. The van der Waals surface area contributed by atoms with E-state index >= 15 is 0 Å². The van der Waals surface area contributed by atoms with E-state index in [1.54, 1.807) is 0 Å². The van der Waals surface area contributed by atoms with Gasteiger partial charge in [0.05, 0.1) is 0 Å². The van der Waals surface area contributed by atoms with Gasteiger partial charge in [0.1, 0.15) is 0 Å². The van der Waals surface area contributed by atoms with Crippen LogP contribution in [0.2, 0.25) is 0 Å².